The summed E-state index contributed by atoms with van der Waals surface area (Å²) in [6, 6.07) is 88.8. The first kappa shape index (κ1) is 38.5. The van der Waals surface area contributed by atoms with Crippen LogP contribution in [0.25, 0.3) is 83.1 Å². The van der Waals surface area contributed by atoms with Crippen LogP contribution in [0.1, 0.15) is 25.0 Å². The molecule has 0 aliphatic heterocycles. The largest absolute Gasteiger partial charge is 0.310 e. The highest BCUT2D eigenvalue weighted by molar-refractivity contribution is 6.10. The summed E-state index contributed by atoms with van der Waals surface area (Å²) < 4.78 is 2.39. The minimum Gasteiger partial charge on any atom is -0.310 e. The van der Waals surface area contributed by atoms with Crippen molar-refractivity contribution in [1.29, 1.82) is 0 Å². The van der Waals surface area contributed by atoms with Crippen LogP contribution in [0.4, 0.5) is 17.1 Å². The van der Waals surface area contributed by atoms with Crippen LogP contribution in [-0.4, -0.2) is 4.57 Å². The van der Waals surface area contributed by atoms with Crippen LogP contribution in [0.2, 0.25) is 0 Å². The Kier molecular flexibility index (Phi) is 9.21. The molecule has 0 atom stereocenters. The van der Waals surface area contributed by atoms with Gasteiger partial charge in [0, 0.05) is 38.9 Å². The molecular weight excluding hydrogens is 785 g/mol. The normalized spacial score (nSPS) is 12.6. The fourth-order valence-corrected chi connectivity index (χ4v) is 10.3. The quantitative estimate of drug-likeness (QED) is 0.148. The zero-order valence-electron chi connectivity index (χ0n) is 36.5. The molecule has 0 N–H and O–H groups in total. The van der Waals surface area contributed by atoms with Gasteiger partial charge in [-0.1, -0.05) is 190 Å². The van der Waals surface area contributed by atoms with Gasteiger partial charge >= 0.3 is 0 Å². The molecule has 2 heteroatoms. The van der Waals surface area contributed by atoms with Crippen molar-refractivity contribution < 1.29 is 0 Å². The Hall–Kier alpha value is -8.20. The van der Waals surface area contributed by atoms with Crippen LogP contribution in [0.3, 0.4) is 0 Å². The number of anilines is 3. The third kappa shape index (κ3) is 6.65. The van der Waals surface area contributed by atoms with Gasteiger partial charge in [0.15, 0.2) is 0 Å². The van der Waals surface area contributed by atoms with Crippen molar-refractivity contribution in [2.24, 2.45) is 0 Å². The number of rotatable bonds is 8. The van der Waals surface area contributed by atoms with Crippen LogP contribution in [-0.2, 0) is 5.41 Å². The molecule has 0 spiro atoms. The molecule has 0 bridgehead atoms. The molecule has 11 aromatic rings. The number of aromatic nitrogens is 1. The van der Waals surface area contributed by atoms with Crippen LogP contribution in [0, 0.1) is 0 Å². The Balaban J connectivity index is 0.891. The van der Waals surface area contributed by atoms with E-state index in [9.17, 15) is 0 Å². The predicted octanol–water partition coefficient (Wildman–Crippen LogP) is 17.2. The minimum absolute atomic E-state index is 0.106. The van der Waals surface area contributed by atoms with E-state index in [0.29, 0.717) is 0 Å². The van der Waals surface area contributed by atoms with E-state index in [1.54, 1.807) is 0 Å². The number of hydrogen-bond acceptors (Lipinski definition) is 1. The van der Waals surface area contributed by atoms with Gasteiger partial charge in [0.05, 0.1) is 11.0 Å². The van der Waals surface area contributed by atoms with Gasteiger partial charge in [-0.25, -0.2) is 0 Å². The van der Waals surface area contributed by atoms with Gasteiger partial charge in [0.25, 0.3) is 0 Å². The summed E-state index contributed by atoms with van der Waals surface area (Å²) in [4.78, 5) is 2.41. The van der Waals surface area contributed by atoms with E-state index < -0.39 is 0 Å². The van der Waals surface area contributed by atoms with Gasteiger partial charge in [0.1, 0.15) is 0 Å². The number of para-hydroxylation sites is 1. The van der Waals surface area contributed by atoms with E-state index in [0.717, 1.165) is 22.7 Å². The molecule has 308 valence electrons. The van der Waals surface area contributed by atoms with E-state index >= 15 is 0 Å². The molecule has 1 aliphatic rings. The average Bonchev–Trinajstić information content (AvgIpc) is 3.82. The topological polar surface area (TPSA) is 8.17 Å². The molecule has 0 fully saturated rings. The third-order valence-corrected chi connectivity index (χ3v) is 13.6. The lowest BCUT2D eigenvalue weighted by molar-refractivity contribution is 0.660. The zero-order chi connectivity index (χ0) is 43.5. The van der Waals surface area contributed by atoms with Crippen molar-refractivity contribution in [2.75, 3.05) is 4.90 Å². The van der Waals surface area contributed by atoms with Crippen molar-refractivity contribution in [3.8, 4) is 61.3 Å². The van der Waals surface area contributed by atoms with Gasteiger partial charge < -0.3 is 9.47 Å². The van der Waals surface area contributed by atoms with Crippen molar-refractivity contribution >= 4 is 38.9 Å². The molecule has 1 aromatic heterocycles. The lowest BCUT2D eigenvalue weighted by Gasteiger charge is -2.28. The summed E-state index contributed by atoms with van der Waals surface area (Å²) in [7, 11) is 0. The Labute approximate surface area is 381 Å². The lowest BCUT2D eigenvalue weighted by Crippen LogP contribution is -2.16. The van der Waals surface area contributed by atoms with Gasteiger partial charge in [-0.3, -0.25) is 0 Å². The first-order chi connectivity index (χ1) is 32.0. The highest BCUT2D eigenvalue weighted by atomic mass is 15.1. The summed E-state index contributed by atoms with van der Waals surface area (Å²) in [5.74, 6) is 0. The summed E-state index contributed by atoms with van der Waals surface area (Å²) in [5.41, 5.74) is 21.8. The molecule has 65 heavy (non-hydrogen) atoms. The lowest BCUT2D eigenvalue weighted by atomic mass is 9.82. The second-order valence-corrected chi connectivity index (χ2v) is 17.8. The maximum absolute atomic E-state index is 2.41. The molecule has 1 aliphatic carbocycles. The molecular formula is C63H46N2. The number of nitrogens with zero attached hydrogens (tertiary/aromatic N) is 2. The SMILES string of the molecule is CC1(C)c2ccccc2-c2ccc(N(c3ccc(-c4ccccc4)cc3)c3cccc(-c4ccc(-c5ccc6c(c5)c5ccccc5n6-c5ccc(-c6ccccc6)cc5)cc4)c3)cc21. The molecule has 2 nitrogen and oxygen atoms in total. The van der Waals surface area contributed by atoms with Crippen LogP contribution in [0.5, 0.6) is 0 Å². The second kappa shape index (κ2) is 15.6. The fraction of sp³-hybridized carbons (Fsp3) is 0.0476. The second-order valence-electron chi connectivity index (χ2n) is 17.8. The fourth-order valence-electron chi connectivity index (χ4n) is 10.3. The van der Waals surface area contributed by atoms with E-state index in [1.807, 2.05) is 0 Å². The van der Waals surface area contributed by atoms with E-state index in [-0.39, 0.29) is 5.41 Å². The zero-order valence-corrected chi connectivity index (χ0v) is 36.5. The van der Waals surface area contributed by atoms with Gasteiger partial charge in [-0.15, -0.1) is 0 Å². The van der Waals surface area contributed by atoms with Crippen molar-refractivity contribution in [2.45, 2.75) is 19.3 Å². The Morgan fingerprint density at radius 1 is 0.308 bits per heavy atom. The van der Waals surface area contributed by atoms with E-state index in [4.69, 9.17) is 0 Å². The summed E-state index contributed by atoms with van der Waals surface area (Å²) >= 11 is 0. The smallest absolute Gasteiger partial charge is 0.0541 e. The monoisotopic (exact) mass is 830 g/mol. The highest BCUT2D eigenvalue weighted by Gasteiger charge is 2.35. The Morgan fingerprint density at radius 2 is 0.785 bits per heavy atom. The number of benzene rings is 10. The first-order valence-electron chi connectivity index (χ1n) is 22.6. The molecule has 0 saturated heterocycles. The first-order valence-corrected chi connectivity index (χ1v) is 22.6. The summed E-state index contributed by atoms with van der Waals surface area (Å²) in [5, 5.41) is 2.50. The van der Waals surface area contributed by atoms with Crippen LogP contribution >= 0.6 is 0 Å². The van der Waals surface area contributed by atoms with Crippen LogP contribution < -0.4 is 4.90 Å². The molecule has 0 unspecified atom stereocenters. The number of fused-ring (bicyclic) bond motifs is 6. The highest BCUT2D eigenvalue weighted by Crippen LogP contribution is 2.51. The maximum Gasteiger partial charge on any atom is 0.0541 e. The molecule has 0 saturated carbocycles. The van der Waals surface area contributed by atoms with E-state index in [2.05, 4.69) is 266 Å². The maximum atomic E-state index is 2.41. The Bertz CT molecular complexity index is 3520. The van der Waals surface area contributed by atoms with E-state index in [1.165, 1.54) is 88.6 Å². The van der Waals surface area contributed by atoms with Gasteiger partial charge in [-0.2, -0.15) is 0 Å². The minimum atomic E-state index is -0.106. The summed E-state index contributed by atoms with van der Waals surface area (Å²) in [6.07, 6.45) is 0. The predicted molar refractivity (Wildman–Crippen MR) is 275 cm³/mol. The van der Waals surface area contributed by atoms with Crippen molar-refractivity contribution in [1.82, 2.24) is 4.57 Å². The van der Waals surface area contributed by atoms with Crippen molar-refractivity contribution in [3.63, 3.8) is 0 Å². The number of hydrogen-bond donors (Lipinski definition) is 0. The molecule has 12 rings (SSSR count). The standard InChI is InChI=1S/C63H46N2/c1-63(2)59-22-11-9-20-55(59)56-38-37-54(42-60(56)63)64(51-33-28-45(29-34-51)43-14-5-3-6-15-43)53-19-13-18-49(40-53)47-24-26-48(27-25-47)50-32-39-62-58(41-50)57-21-10-12-23-61(57)65(62)52-35-30-46(31-36-52)44-16-7-4-8-17-44/h3-42H,1-2H3. The third-order valence-electron chi connectivity index (χ3n) is 13.6. The van der Waals surface area contributed by atoms with Crippen molar-refractivity contribution in [3.05, 3.63) is 254 Å². The average molecular weight is 831 g/mol. The van der Waals surface area contributed by atoms with Gasteiger partial charge in [0.2, 0.25) is 0 Å². The molecule has 10 aromatic carbocycles. The Morgan fingerprint density at radius 3 is 1.49 bits per heavy atom. The summed E-state index contributed by atoms with van der Waals surface area (Å²) in [6.45, 7) is 4.71. The molecule has 1 heterocycles. The van der Waals surface area contributed by atoms with Gasteiger partial charge in [-0.05, 0) is 133 Å². The molecule has 0 radical (unpaired) electrons. The molecule has 0 amide bonds. The van der Waals surface area contributed by atoms with Crippen LogP contribution in [0.15, 0.2) is 243 Å².